The fourth-order valence-electron chi connectivity index (χ4n) is 3.03. The quantitative estimate of drug-likeness (QED) is 0.926. The molecule has 1 fully saturated rings. The minimum Gasteiger partial charge on any atom is -0.478 e. The average molecular weight is 288 g/mol. The van der Waals surface area contributed by atoms with Gasteiger partial charge in [0, 0.05) is 12.1 Å². The van der Waals surface area contributed by atoms with Gasteiger partial charge >= 0.3 is 0 Å². The van der Waals surface area contributed by atoms with Crippen LogP contribution >= 0.6 is 0 Å². The van der Waals surface area contributed by atoms with Crippen LogP contribution in [0.3, 0.4) is 0 Å². The number of rotatable bonds is 4. The lowest BCUT2D eigenvalue weighted by Crippen LogP contribution is -2.48. The third-order valence-corrected chi connectivity index (χ3v) is 4.43. The number of hydrogen-bond acceptors (Lipinski definition) is 3. The molecule has 2 unspecified atom stereocenters. The number of fused-ring (bicyclic) bond motifs is 1. The summed E-state index contributed by atoms with van der Waals surface area (Å²) in [7, 11) is 0. The van der Waals surface area contributed by atoms with E-state index in [1.165, 1.54) is 12.8 Å². The van der Waals surface area contributed by atoms with Gasteiger partial charge in [-0.2, -0.15) is 0 Å². The van der Waals surface area contributed by atoms with E-state index in [0.29, 0.717) is 12.3 Å². The highest BCUT2D eigenvalue weighted by Gasteiger charge is 2.36. The Morgan fingerprint density at radius 3 is 2.67 bits per heavy atom. The smallest absolute Gasteiger partial charge is 0.268 e. The van der Waals surface area contributed by atoms with Gasteiger partial charge in [0.1, 0.15) is 5.75 Å². The number of nitrogens with zero attached hydrogens (tertiary/aromatic N) is 1. The van der Waals surface area contributed by atoms with Crippen LogP contribution in [-0.4, -0.2) is 18.1 Å². The zero-order valence-electron chi connectivity index (χ0n) is 13.0. The van der Waals surface area contributed by atoms with Gasteiger partial charge in [-0.3, -0.25) is 4.79 Å². The molecule has 0 bridgehead atoms. The Balaban J connectivity index is 2.00. The van der Waals surface area contributed by atoms with Crippen LogP contribution in [0.25, 0.3) is 0 Å². The molecule has 0 saturated heterocycles. The Morgan fingerprint density at radius 1 is 1.38 bits per heavy atom. The van der Waals surface area contributed by atoms with Gasteiger partial charge in [-0.25, -0.2) is 0 Å². The molecule has 2 atom stereocenters. The SMILES string of the molecule is CCC1Oc2ccc(C(N)C3CC3)cc2N(C(C)C)C1=O. The van der Waals surface area contributed by atoms with Crippen LogP contribution in [0, 0.1) is 5.92 Å². The van der Waals surface area contributed by atoms with Gasteiger partial charge in [0.2, 0.25) is 0 Å². The van der Waals surface area contributed by atoms with Crippen molar-refractivity contribution in [3.05, 3.63) is 23.8 Å². The summed E-state index contributed by atoms with van der Waals surface area (Å²) in [5, 5.41) is 0. The van der Waals surface area contributed by atoms with Crippen molar-refractivity contribution >= 4 is 11.6 Å². The molecule has 4 heteroatoms. The number of nitrogens with two attached hydrogens (primary N) is 1. The summed E-state index contributed by atoms with van der Waals surface area (Å²) in [6.07, 6.45) is 2.73. The van der Waals surface area contributed by atoms with Crippen molar-refractivity contribution < 1.29 is 9.53 Å². The minimum atomic E-state index is -0.372. The molecule has 21 heavy (non-hydrogen) atoms. The minimum absolute atomic E-state index is 0.0529. The first-order valence-corrected chi connectivity index (χ1v) is 7.92. The second-order valence-electron chi connectivity index (χ2n) is 6.41. The van der Waals surface area contributed by atoms with Crippen molar-refractivity contribution in [1.82, 2.24) is 0 Å². The lowest BCUT2D eigenvalue weighted by atomic mass is 10.0. The van der Waals surface area contributed by atoms with Crippen LogP contribution in [0.5, 0.6) is 5.75 Å². The predicted molar refractivity (Wildman–Crippen MR) is 83.4 cm³/mol. The van der Waals surface area contributed by atoms with E-state index in [4.69, 9.17) is 10.5 Å². The molecule has 4 nitrogen and oxygen atoms in total. The van der Waals surface area contributed by atoms with Gasteiger partial charge in [0.15, 0.2) is 6.10 Å². The molecule has 3 rings (SSSR count). The van der Waals surface area contributed by atoms with Gasteiger partial charge in [0.05, 0.1) is 5.69 Å². The maximum Gasteiger partial charge on any atom is 0.268 e. The van der Waals surface area contributed by atoms with Crippen molar-refractivity contribution in [3.63, 3.8) is 0 Å². The first-order valence-electron chi connectivity index (χ1n) is 7.92. The monoisotopic (exact) mass is 288 g/mol. The molecule has 1 aliphatic carbocycles. The van der Waals surface area contributed by atoms with E-state index in [1.807, 2.05) is 43.9 Å². The summed E-state index contributed by atoms with van der Waals surface area (Å²) in [5.41, 5.74) is 8.27. The van der Waals surface area contributed by atoms with Gasteiger partial charge < -0.3 is 15.4 Å². The number of carbonyl (C=O) groups is 1. The predicted octanol–water partition coefficient (Wildman–Crippen LogP) is 3.01. The highest BCUT2D eigenvalue weighted by Crippen LogP contribution is 2.43. The zero-order valence-corrected chi connectivity index (χ0v) is 13.0. The topological polar surface area (TPSA) is 55.6 Å². The first kappa shape index (κ1) is 14.4. The van der Waals surface area contributed by atoms with Crippen LogP contribution in [0.4, 0.5) is 5.69 Å². The fourth-order valence-corrected chi connectivity index (χ4v) is 3.03. The highest BCUT2D eigenvalue weighted by molar-refractivity contribution is 6.00. The Kier molecular flexibility index (Phi) is 3.66. The summed E-state index contributed by atoms with van der Waals surface area (Å²) >= 11 is 0. The van der Waals surface area contributed by atoms with Crippen molar-refractivity contribution in [2.24, 2.45) is 11.7 Å². The molecule has 1 aliphatic heterocycles. The Bertz CT molecular complexity index is 552. The number of hydrogen-bond donors (Lipinski definition) is 1. The molecule has 1 heterocycles. The van der Waals surface area contributed by atoms with E-state index < -0.39 is 0 Å². The van der Waals surface area contributed by atoms with E-state index in [2.05, 4.69) is 0 Å². The van der Waals surface area contributed by atoms with Crippen molar-refractivity contribution in [1.29, 1.82) is 0 Å². The summed E-state index contributed by atoms with van der Waals surface area (Å²) in [6, 6.07) is 6.24. The number of amides is 1. The van der Waals surface area contributed by atoms with Gasteiger partial charge in [-0.15, -0.1) is 0 Å². The molecule has 0 spiro atoms. The number of ether oxygens (including phenoxy) is 1. The van der Waals surface area contributed by atoms with Crippen LogP contribution in [-0.2, 0) is 4.79 Å². The van der Waals surface area contributed by atoms with Crippen molar-refractivity contribution in [2.75, 3.05) is 4.90 Å². The summed E-state index contributed by atoms with van der Waals surface area (Å²) in [6.45, 7) is 6.05. The number of benzene rings is 1. The van der Waals surface area contributed by atoms with Gasteiger partial charge in [0.25, 0.3) is 5.91 Å². The Hall–Kier alpha value is -1.55. The van der Waals surface area contributed by atoms with Crippen LogP contribution < -0.4 is 15.4 Å². The molecule has 2 N–H and O–H groups in total. The summed E-state index contributed by atoms with van der Waals surface area (Å²) < 4.78 is 5.85. The van der Waals surface area contributed by atoms with Crippen LogP contribution in [0.1, 0.15) is 51.6 Å². The van der Waals surface area contributed by atoms with Crippen molar-refractivity contribution in [2.45, 2.75) is 58.2 Å². The lowest BCUT2D eigenvalue weighted by Gasteiger charge is -2.37. The Labute approximate surface area is 126 Å². The molecule has 2 aliphatic rings. The molecule has 1 aromatic carbocycles. The molecule has 1 aromatic rings. The number of anilines is 1. The fraction of sp³-hybridized carbons (Fsp3) is 0.588. The first-order chi connectivity index (χ1) is 10.0. The largest absolute Gasteiger partial charge is 0.478 e. The zero-order chi connectivity index (χ0) is 15.1. The molecule has 1 amide bonds. The van der Waals surface area contributed by atoms with Crippen LogP contribution in [0.2, 0.25) is 0 Å². The van der Waals surface area contributed by atoms with E-state index >= 15 is 0 Å². The summed E-state index contributed by atoms with van der Waals surface area (Å²) in [5.74, 6) is 1.44. The number of carbonyl (C=O) groups excluding carboxylic acids is 1. The van der Waals surface area contributed by atoms with Crippen LogP contribution in [0.15, 0.2) is 18.2 Å². The third kappa shape index (κ3) is 2.53. The van der Waals surface area contributed by atoms with E-state index in [1.54, 1.807) is 0 Å². The third-order valence-electron chi connectivity index (χ3n) is 4.43. The van der Waals surface area contributed by atoms with Gasteiger partial charge in [-0.1, -0.05) is 13.0 Å². The van der Waals surface area contributed by atoms with Gasteiger partial charge in [-0.05, 0) is 56.7 Å². The van der Waals surface area contributed by atoms with E-state index in [-0.39, 0.29) is 24.1 Å². The maximum absolute atomic E-state index is 12.6. The molecule has 0 radical (unpaired) electrons. The molecular formula is C17H24N2O2. The standard InChI is InChI=1S/C17H24N2O2/c1-4-14-17(20)19(10(2)3)13-9-12(7-8-15(13)21-14)16(18)11-5-6-11/h7-11,14,16H,4-6,18H2,1-3H3. The molecule has 1 saturated carbocycles. The average Bonchev–Trinajstić information content (AvgIpc) is 3.29. The molecule has 114 valence electrons. The lowest BCUT2D eigenvalue weighted by molar-refractivity contribution is -0.126. The Morgan fingerprint density at radius 2 is 2.10 bits per heavy atom. The maximum atomic E-state index is 12.6. The van der Waals surface area contributed by atoms with E-state index in [9.17, 15) is 4.79 Å². The second-order valence-corrected chi connectivity index (χ2v) is 6.41. The molecule has 0 aromatic heterocycles. The normalized spacial score (nSPS) is 23.0. The molecular weight excluding hydrogens is 264 g/mol. The van der Waals surface area contributed by atoms with Crippen molar-refractivity contribution in [3.8, 4) is 5.75 Å². The highest BCUT2D eigenvalue weighted by atomic mass is 16.5. The summed E-state index contributed by atoms with van der Waals surface area (Å²) in [4.78, 5) is 14.4. The van der Waals surface area contributed by atoms with E-state index in [0.717, 1.165) is 17.0 Å². The second kappa shape index (κ2) is 5.34.